The predicted molar refractivity (Wildman–Crippen MR) is 47.0 cm³/mol. The number of H-pyrrole nitrogens is 1. The molecule has 2 heterocycles. The average molecular weight is 226 g/mol. The van der Waals surface area contributed by atoms with Gasteiger partial charge in [-0.25, -0.2) is 4.98 Å². The summed E-state index contributed by atoms with van der Waals surface area (Å²) in [6, 6.07) is 1.73. The summed E-state index contributed by atoms with van der Waals surface area (Å²) in [7, 11) is 0. The van der Waals surface area contributed by atoms with Gasteiger partial charge in [-0.1, -0.05) is 0 Å². The van der Waals surface area contributed by atoms with E-state index in [9.17, 15) is 4.79 Å². The Morgan fingerprint density at radius 2 is 2.42 bits per heavy atom. The van der Waals surface area contributed by atoms with Gasteiger partial charge in [-0.15, -0.1) is 0 Å². The van der Waals surface area contributed by atoms with Gasteiger partial charge < -0.3 is 0 Å². The number of halogens is 1. The van der Waals surface area contributed by atoms with Crippen LogP contribution < -0.4 is 0 Å². The van der Waals surface area contributed by atoms with Crippen molar-refractivity contribution in [3.05, 3.63) is 22.4 Å². The van der Waals surface area contributed by atoms with Gasteiger partial charge in [0.2, 0.25) is 0 Å². The van der Waals surface area contributed by atoms with Gasteiger partial charge >= 0.3 is 0 Å². The van der Waals surface area contributed by atoms with E-state index in [1.54, 1.807) is 6.07 Å². The Morgan fingerprint density at radius 3 is 3.17 bits per heavy atom. The van der Waals surface area contributed by atoms with Gasteiger partial charge in [0, 0.05) is 11.8 Å². The molecule has 0 amide bonds. The van der Waals surface area contributed by atoms with Crippen molar-refractivity contribution >= 4 is 33.2 Å². The molecule has 0 bridgehead atoms. The van der Waals surface area contributed by atoms with Crippen LogP contribution in [0.3, 0.4) is 0 Å². The summed E-state index contributed by atoms with van der Waals surface area (Å²) in [6.07, 6.45) is 2.26. The smallest absolute Gasteiger partial charge is 0.156 e. The second-order valence-electron chi connectivity index (χ2n) is 2.30. The number of carbonyl (C=O) groups excluding carboxylic acids is 1. The Morgan fingerprint density at radius 1 is 1.58 bits per heavy atom. The Hall–Kier alpha value is -1.23. The zero-order valence-corrected chi connectivity index (χ0v) is 7.50. The molecule has 12 heavy (non-hydrogen) atoms. The molecule has 0 saturated carbocycles. The first kappa shape index (κ1) is 7.42. The van der Waals surface area contributed by atoms with E-state index in [2.05, 4.69) is 31.1 Å². The van der Waals surface area contributed by atoms with Gasteiger partial charge in [-0.05, 0) is 22.0 Å². The van der Waals surface area contributed by atoms with Crippen LogP contribution in [0.5, 0.6) is 0 Å². The molecular weight excluding hydrogens is 222 g/mol. The van der Waals surface area contributed by atoms with Crippen molar-refractivity contribution in [3.8, 4) is 0 Å². The molecule has 2 aromatic rings. The zero-order chi connectivity index (χ0) is 8.55. The SMILES string of the molecule is O=Cc1cnc2[nH]nc(Br)c2c1. The number of aldehydes is 1. The monoisotopic (exact) mass is 225 g/mol. The number of hydrogen-bond acceptors (Lipinski definition) is 3. The van der Waals surface area contributed by atoms with Crippen molar-refractivity contribution in [2.75, 3.05) is 0 Å². The molecule has 0 fully saturated rings. The number of rotatable bonds is 1. The minimum absolute atomic E-state index is 0.546. The van der Waals surface area contributed by atoms with E-state index in [0.717, 1.165) is 11.7 Å². The Bertz CT molecular complexity index is 437. The number of aromatic amines is 1. The van der Waals surface area contributed by atoms with Crippen LogP contribution in [0.2, 0.25) is 0 Å². The summed E-state index contributed by atoms with van der Waals surface area (Å²) < 4.78 is 0.675. The minimum atomic E-state index is 0.546. The normalized spacial score (nSPS) is 10.4. The first-order chi connectivity index (χ1) is 5.81. The number of pyridine rings is 1. The van der Waals surface area contributed by atoms with E-state index >= 15 is 0 Å². The third-order valence-electron chi connectivity index (χ3n) is 1.53. The van der Waals surface area contributed by atoms with Gasteiger partial charge in [0.1, 0.15) is 4.60 Å². The van der Waals surface area contributed by atoms with Crippen LogP contribution in [0, 0.1) is 0 Å². The molecule has 0 aliphatic carbocycles. The molecule has 2 rings (SSSR count). The maximum Gasteiger partial charge on any atom is 0.156 e. The van der Waals surface area contributed by atoms with Gasteiger partial charge in [0.25, 0.3) is 0 Å². The molecule has 0 atom stereocenters. The fourth-order valence-corrected chi connectivity index (χ4v) is 1.34. The molecule has 0 aliphatic rings. The van der Waals surface area contributed by atoms with Crippen molar-refractivity contribution in [2.45, 2.75) is 0 Å². The van der Waals surface area contributed by atoms with Gasteiger partial charge in [0.15, 0.2) is 11.9 Å². The molecule has 0 aromatic carbocycles. The Labute approximate surface area is 76.1 Å². The molecule has 5 heteroatoms. The van der Waals surface area contributed by atoms with Gasteiger partial charge in [-0.2, -0.15) is 5.10 Å². The van der Waals surface area contributed by atoms with Crippen LogP contribution in [0.1, 0.15) is 10.4 Å². The van der Waals surface area contributed by atoms with E-state index in [-0.39, 0.29) is 0 Å². The molecule has 4 nitrogen and oxygen atoms in total. The lowest BCUT2D eigenvalue weighted by Crippen LogP contribution is -1.82. The fraction of sp³-hybridized carbons (Fsp3) is 0. The van der Waals surface area contributed by atoms with Gasteiger partial charge in [0.05, 0.1) is 5.39 Å². The maximum atomic E-state index is 10.4. The Balaban J connectivity index is 2.79. The molecule has 0 saturated heterocycles. The van der Waals surface area contributed by atoms with Crippen molar-refractivity contribution in [1.29, 1.82) is 0 Å². The average Bonchev–Trinajstić information content (AvgIpc) is 2.47. The Kier molecular flexibility index (Phi) is 1.65. The lowest BCUT2D eigenvalue weighted by molar-refractivity contribution is 0.112. The van der Waals surface area contributed by atoms with Gasteiger partial charge in [-0.3, -0.25) is 9.89 Å². The molecule has 0 radical (unpaired) electrons. The summed E-state index contributed by atoms with van der Waals surface area (Å²) in [5.41, 5.74) is 1.22. The van der Waals surface area contributed by atoms with E-state index in [1.807, 2.05) is 0 Å². The lowest BCUT2D eigenvalue weighted by atomic mass is 10.2. The van der Waals surface area contributed by atoms with Crippen LogP contribution >= 0.6 is 15.9 Å². The number of hydrogen-bond donors (Lipinski definition) is 1. The standard InChI is InChI=1S/C7H4BrN3O/c8-6-5-1-4(3-12)2-9-7(5)11-10-6/h1-3H,(H,9,10,11). The highest BCUT2D eigenvalue weighted by Gasteiger charge is 2.03. The van der Waals surface area contributed by atoms with E-state index < -0.39 is 0 Å². The van der Waals surface area contributed by atoms with Crippen molar-refractivity contribution in [3.63, 3.8) is 0 Å². The highest BCUT2D eigenvalue weighted by molar-refractivity contribution is 9.10. The molecule has 0 unspecified atom stereocenters. The molecule has 0 spiro atoms. The van der Waals surface area contributed by atoms with E-state index in [1.165, 1.54) is 6.20 Å². The summed E-state index contributed by atoms with van der Waals surface area (Å²) >= 11 is 3.23. The van der Waals surface area contributed by atoms with E-state index in [0.29, 0.717) is 15.8 Å². The molecule has 1 N–H and O–H groups in total. The summed E-state index contributed by atoms with van der Waals surface area (Å²) in [6.45, 7) is 0. The second-order valence-corrected chi connectivity index (χ2v) is 3.05. The first-order valence-corrected chi connectivity index (χ1v) is 4.05. The second kappa shape index (κ2) is 2.67. The van der Waals surface area contributed by atoms with E-state index in [4.69, 9.17) is 0 Å². The number of fused-ring (bicyclic) bond motifs is 1. The molecular formula is C7H4BrN3O. The number of carbonyl (C=O) groups is 1. The number of nitrogens with zero attached hydrogens (tertiary/aromatic N) is 2. The predicted octanol–water partition coefficient (Wildman–Crippen LogP) is 1.53. The summed E-state index contributed by atoms with van der Waals surface area (Å²) in [5.74, 6) is 0. The number of nitrogens with one attached hydrogen (secondary N) is 1. The summed E-state index contributed by atoms with van der Waals surface area (Å²) in [5, 5.41) is 7.42. The maximum absolute atomic E-state index is 10.4. The first-order valence-electron chi connectivity index (χ1n) is 3.26. The van der Waals surface area contributed by atoms with Crippen molar-refractivity contribution in [1.82, 2.24) is 15.2 Å². The highest BCUT2D eigenvalue weighted by Crippen LogP contribution is 2.19. The van der Waals surface area contributed by atoms with Crippen LogP contribution in [-0.2, 0) is 0 Å². The quantitative estimate of drug-likeness (QED) is 0.750. The summed E-state index contributed by atoms with van der Waals surface area (Å²) in [4.78, 5) is 14.4. The fourth-order valence-electron chi connectivity index (χ4n) is 0.954. The molecule has 2 aromatic heterocycles. The zero-order valence-electron chi connectivity index (χ0n) is 5.91. The third-order valence-corrected chi connectivity index (χ3v) is 2.13. The van der Waals surface area contributed by atoms with Crippen LogP contribution in [0.25, 0.3) is 11.0 Å². The largest absolute Gasteiger partial charge is 0.298 e. The minimum Gasteiger partial charge on any atom is -0.298 e. The van der Waals surface area contributed by atoms with Crippen molar-refractivity contribution in [2.24, 2.45) is 0 Å². The third kappa shape index (κ3) is 1.02. The van der Waals surface area contributed by atoms with Crippen LogP contribution in [-0.4, -0.2) is 21.5 Å². The highest BCUT2D eigenvalue weighted by atomic mass is 79.9. The topological polar surface area (TPSA) is 58.6 Å². The van der Waals surface area contributed by atoms with Crippen LogP contribution in [0.4, 0.5) is 0 Å². The molecule has 0 aliphatic heterocycles. The van der Waals surface area contributed by atoms with Crippen LogP contribution in [0.15, 0.2) is 16.9 Å². The number of aromatic nitrogens is 3. The molecule has 60 valence electrons. The van der Waals surface area contributed by atoms with Crippen molar-refractivity contribution < 1.29 is 4.79 Å². The lowest BCUT2D eigenvalue weighted by Gasteiger charge is -1.89.